The maximum Gasteiger partial charge on any atom is 0.260 e. The van der Waals surface area contributed by atoms with Gasteiger partial charge in [-0.2, -0.15) is 9.97 Å². The highest BCUT2D eigenvalue weighted by Crippen LogP contribution is 2.42. The van der Waals surface area contributed by atoms with Crippen LogP contribution in [-0.2, 0) is 38.6 Å². The van der Waals surface area contributed by atoms with Crippen LogP contribution in [0.2, 0.25) is 10.3 Å². The predicted octanol–water partition coefficient (Wildman–Crippen LogP) is 6.08. The van der Waals surface area contributed by atoms with Gasteiger partial charge in [-0.3, -0.25) is 63.1 Å². The number of carbonyl (C=O) groups is 7. The Morgan fingerprint density at radius 2 is 1.08 bits per heavy atom. The maximum atomic E-state index is 13.7. The summed E-state index contributed by atoms with van der Waals surface area (Å²) in [5.74, 6) is 1.55. The lowest BCUT2D eigenvalue weighted by molar-refractivity contribution is -0.117. The second-order valence-corrected chi connectivity index (χ2v) is 21.4. The molecule has 0 radical (unpaired) electrons. The van der Waals surface area contributed by atoms with Crippen LogP contribution in [0.15, 0.2) is 49.2 Å². The average Bonchev–Trinajstić information content (AvgIpc) is 2.86. The van der Waals surface area contributed by atoms with Gasteiger partial charge in [0.2, 0.25) is 17.8 Å². The summed E-state index contributed by atoms with van der Waals surface area (Å²) in [5.41, 5.74) is 20.7. The number of fused-ring (bicyclic) bond motifs is 2. The van der Waals surface area contributed by atoms with Gasteiger partial charge in [-0.25, -0.2) is 9.97 Å². The van der Waals surface area contributed by atoms with Crippen LogP contribution in [-0.4, -0.2) is 182 Å². The van der Waals surface area contributed by atoms with E-state index in [1.54, 1.807) is 57.2 Å². The van der Waals surface area contributed by atoms with Gasteiger partial charge in [-0.05, 0) is 52.0 Å². The number of methoxy groups -OCH3 is 2. The Morgan fingerprint density at radius 3 is 1.55 bits per heavy atom. The van der Waals surface area contributed by atoms with Crippen molar-refractivity contribution in [3.8, 4) is 11.5 Å². The number of halogens is 3. The Bertz CT molecular complexity index is 3800. The first-order valence-corrected chi connectivity index (χ1v) is 28.7. The molecular formula is C59H64Cl3N15O11. The SMILES string of the molecule is COc1c(C)cnc(CN2C(=O)/C(=C\c3cc(C(=O)CN4CCOCC4)c[nH]3)c3c(Cl)nc(N)nc32)c1C.COc1c(C)cnc(CN2C(=O)Cc3c(Cl)nc(N)nc32)c1C.O=Cc1cc(C(=O)CCl)c[nH]1.O=Cc1cc(C(=O)CN2CCOCC2)c[nH]1. The Hall–Kier alpha value is -8.76. The number of morpholine rings is 2. The van der Waals surface area contributed by atoms with E-state index in [2.05, 4.69) is 54.7 Å². The number of amides is 2. The lowest BCUT2D eigenvalue weighted by Crippen LogP contribution is -2.39. The minimum atomic E-state index is -0.335. The van der Waals surface area contributed by atoms with Crippen LogP contribution in [0.1, 0.15) is 103 Å². The van der Waals surface area contributed by atoms with E-state index in [0.717, 1.165) is 59.9 Å². The van der Waals surface area contributed by atoms with Gasteiger partial charge in [0, 0.05) is 107 Å². The van der Waals surface area contributed by atoms with Crippen LogP contribution in [0.25, 0.3) is 11.6 Å². The summed E-state index contributed by atoms with van der Waals surface area (Å²) in [7, 11) is 3.21. The number of carbonyl (C=O) groups excluding carboxylic acids is 7. The number of hydrogen-bond donors (Lipinski definition) is 5. The van der Waals surface area contributed by atoms with E-state index in [0.29, 0.717) is 120 Å². The molecule has 0 unspecified atom stereocenters. The zero-order valence-electron chi connectivity index (χ0n) is 49.0. The Morgan fingerprint density at radius 1 is 0.636 bits per heavy atom. The van der Waals surface area contributed by atoms with E-state index >= 15 is 0 Å². The molecule has 0 saturated carbocycles. The molecule has 0 bridgehead atoms. The highest BCUT2D eigenvalue weighted by atomic mass is 35.5. The van der Waals surface area contributed by atoms with Crippen LogP contribution in [0.3, 0.4) is 0 Å². The summed E-state index contributed by atoms with van der Waals surface area (Å²) < 4.78 is 21.5. The molecule has 462 valence electrons. The van der Waals surface area contributed by atoms with Crippen molar-refractivity contribution in [2.45, 2.75) is 47.2 Å². The van der Waals surface area contributed by atoms with Gasteiger partial charge < -0.3 is 45.4 Å². The number of H-pyrrole nitrogens is 3. The third-order valence-electron chi connectivity index (χ3n) is 14.5. The first kappa shape index (κ1) is 65.2. The quantitative estimate of drug-likeness (QED) is 0.0227. The van der Waals surface area contributed by atoms with Gasteiger partial charge in [-0.15, -0.1) is 11.6 Å². The van der Waals surface area contributed by atoms with E-state index in [1.807, 2.05) is 27.7 Å². The molecule has 0 atom stereocenters. The molecule has 0 aliphatic carbocycles. The molecule has 7 N–H and O–H groups in total. The molecule has 0 spiro atoms. The van der Waals surface area contributed by atoms with Crippen LogP contribution in [0.5, 0.6) is 11.5 Å². The second-order valence-electron chi connectivity index (χ2n) is 20.4. The van der Waals surface area contributed by atoms with Gasteiger partial charge in [-0.1, -0.05) is 23.2 Å². The molecular weight excluding hydrogens is 1200 g/mol. The largest absolute Gasteiger partial charge is 0.496 e. The molecule has 7 aromatic rings. The fourth-order valence-electron chi connectivity index (χ4n) is 9.90. The molecule has 11 heterocycles. The van der Waals surface area contributed by atoms with Gasteiger partial charge in [0.1, 0.15) is 27.6 Å². The summed E-state index contributed by atoms with van der Waals surface area (Å²) in [6.07, 6.45) is 11.3. The summed E-state index contributed by atoms with van der Waals surface area (Å²) >= 11 is 17.8. The second kappa shape index (κ2) is 29.8. The van der Waals surface area contributed by atoms with E-state index in [1.165, 1.54) is 22.1 Å². The van der Waals surface area contributed by atoms with Crippen molar-refractivity contribution < 1.29 is 52.5 Å². The smallest absolute Gasteiger partial charge is 0.260 e. The number of nitrogens with one attached hydrogen (secondary N) is 3. The molecule has 26 nitrogen and oxygen atoms in total. The number of hydrogen-bond acceptors (Lipinski definition) is 21. The van der Waals surface area contributed by atoms with Crippen LogP contribution in [0, 0.1) is 27.7 Å². The third-order valence-corrected chi connectivity index (χ3v) is 15.3. The van der Waals surface area contributed by atoms with Crippen molar-refractivity contribution in [1.82, 2.24) is 54.7 Å². The molecule has 11 rings (SSSR count). The Labute approximate surface area is 520 Å². The molecule has 4 aliphatic rings. The molecule has 29 heteroatoms. The number of aromatic nitrogens is 9. The van der Waals surface area contributed by atoms with Gasteiger partial charge >= 0.3 is 0 Å². The number of nitrogens with zero attached hydrogens (tertiary/aromatic N) is 10. The molecule has 2 fully saturated rings. The number of Topliss-reactive ketones (excluding diaryl/α,β-unsaturated/α-hetero) is 3. The third kappa shape index (κ3) is 15.5. The molecule has 2 amide bonds. The summed E-state index contributed by atoms with van der Waals surface area (Å²) in [5, 5.41) is 0.283. The van der Waals surface area contributed by atoms with Crippen molar-refractivity contribution in [2.24, 2.45) is 0 Å². The fraction of sp³-hybridized carbons (Fsp3) is 0.339. The monoisotopic (exact) mass is 1260 g/mol. The minimum Gasteiger partial charge on any atom is -0.496 e. The number of ketones is 3. The van der Waals surface area contributed by atoms with Gasteiger partial charge in [0.15, 0.2) is 35.7 Å². The van der Waals surface area contributed by atoms with E-state index < -0.39 is 0 Å². The zero-order valence-corrected chi connectivity index (χ0v) is 51.3. The number of aryl methyl sites for hydroxylation is 2. The Kier molecular flexibility index (Phi) is 22.1. The molecule has 88 heavy (non-hydrogen) atoms. The average molecular weight is 1270 g/mol. The van der Waals surface area contributed by atoms with E-state index in [4.69, 9.17) is 65.2 Å². The highest BCUT2D eigenvalue weighted by molar-refractivity contribution is 6.41. The number of aldehydes is 2. The normalized spacial score (nSPS) is 15.1. The van der Waals surface area contributed by atoms with E-state index in [9.17, 15) is 33.6 Å². The molecule has 7 aromatic heterocycles. The van der Waals surface area contributed by atoms with Crippen LogP contribution < -0.4 is 30.7 Å². The standard InChI is InChI=1S/C26H28ClN7O4.C15H16ClN5O2.C11H14N2O3.C7H6ClNO2/c1-14-10-30-19(15(2)22(14)37-3)12-34-24-21(23(27)31-26(28)32-24)18(25(34)36)9-17-8-16(11-29-17)20(35)13-33-4-6-38-7-5-33;1-7-5-18-10(8(2)12(7)23-3)6-21-11(22)4-9-13(16)19-15(17)20-14(9)21;14-8-10-5-9(6-12-10)11(15)7-13-1-3-16-4-2-13;8-2-7(11)5-1-6(4-10)9-3-5/h8-11,29H,4-7,12-13H2,1-3H3,(H2,28,31,32);5H,4,6H2,1-3H3,(H2,17,19,20);5-6,8,12H,1-4,7H2;1,3-4,9H,2H2/b18-9-;;;. The number of nitrogen functional groups attached to an aromatic ring is 2. The van der Waals surface area contributed by atoms with Crippen molar-refractivity contribution >= 4 is 112 Å². The number of anilines is 4. The van der Waals surface area contributed by atoms with Crippen LogP contribution >= 0.6 is 34.8 Å². The number of pyridine rings is 2. The lowest BCUT2D eigenvalue weighted by Gasteiger charge is -2.25. The van der Waals surface area contributed by atoms with Crippen molar-refractivity contribution in [1.29, 1.82) is 0 Å². The first-order chi connectivity index (χ1) is 42.2. The van der Waals surface area contributed by atoms with E-state index in [-0.39, 0.29) is 82.3 Å². The molecule has 2 saturated heterocycles. The summed E-state index contributed by atoms with van der Waals surface area (Å²) in [6, 6.07) is 4.77. The van der Waals surface area contributed by atoms with Crippen molar-refractivity contribution in [3.63, 3.8) is 0 Å². The lowest BCUT2D eigenvalue weighted by atomic mass is 10.1. The summed E-state index contributed by atoms with van der Waals surface area (Å²) in [4.78, 5) is 123. The number of ether oxygens (including phenoxy) is 4. The number of rotatable bonds is 17. The number of aromatic amines is 3. The maximum absolute atomic E-state index is 13.7. The minimum absolute atomic E-state index is 0.0171. The molecule has 0 aromatic carbocycles. The fourth-order valence-corrected chi connectivity index (χ4v) is 10.6. The van der Waals surface area contributed by atoms with Crippen LogP contribution in [0.4, 0.5) is 23.5 Å². The molecule has 4 aliphatic heterocycles. The first-order valence-electron chi connectivity index (χ1n) is 27.4. The van der Waals surface area contributed by atoms with Crippen molar-refractivity contribution in [3.05, 3.63) is 138 Å². The zero-order chi connectivity index (χ0) is 63.3. The van der Waals surface area contributed by atoms with Gasteiger partial charge in [0.25, 0.3) is 5.91 Å². The topological polar surface area (TPSA) is 346 Å². The highest BCUT2D eigenvalue weighted by Gasteiger charge is 2.38. The summed E-state index contributed by atoms with van der Waals surface area (Å²) in [6.45, 7) is 14.4. The number of nitrogens with two attached hydrogens (primary N) is 2. The van der Waals surface area contributed by atoms with Gasteiger partial charge in [0.05, 0.1) is 113 Å². The number of alkyl halides is 1. The Balaban J connectivity index is 0.000000169. The van der Waals surface area contributed by atoms with Crippen molar-refractivity contribution in [2.75, 3.05) is 107 Å². The predicted molar refractivity (Wildman–Crippen MR) is 329 cm³/mol.